The summed E-state index contributed by atoms with van der Waals surface area (Å²) in [4.78, 5) is 12.2. The van der Waals surface area contributed by atoms with Crippen LogP contribution in [0.4, 0.5) is 4.79 Å². The molecule has 1 atom stereocenters. The normalized spacial score (nSPS) is 24.9. The lowest BCUT2D eigenvalue weighted by molar-refractivity contribution is -0.0553. The number of carboxylic acid groups (broad SMARTS) is 1. The van der Waals surface area contributed by atoms with Crippen LogP contribution in [-0.4, -0.2) is 34.5 Å². The molecule has 0 bridgehead atoms. The summed E-state index contributed by atoms with van der Waals surface area (Å²) in [5.41, 5.74) is 0.417. The molecule has 1 N–H and O–H groups in total. The summed E-state index contributed by atoms with van der Waals surface area (Å²) in [6.45, 7) is 7.88. The van der Waals surface area contributed by atoms with Crippen LogP contribution in [0.5, 0.6) is 0 Å². The summed E-state index contributed by atoms with van der Waals surface area (Å²) in [7, 11) is 0. The van der Waals surface area contributed by atoms with E-state index in [1.165, 1.54) is 4.90 Å². The number of nitrogens with zero attached hydrogens (tertiary/aromatic N) is 1. The van der Waals surface area contributed by atoms with E-state index in [0.29, 0.717) is 6.54 Å². The Balaban J connectivity index is 2.76. The van der Waals surface area contributed by atoms with Crippen LogP contribution in [0, 0.1) is 0 Å². The van der Waals surface area contributed by atoms with Crippen molar-refractivity contribution >= 4 is 6.09 Å². The summed E-state index contributed by atoms with van der Waals surface area (Å²) >= 11 is 0. The predicted octanol–water partition coefficient (Wildman–Crippen LogP) is 2.07. The Hall–Kier alpha value is -1.03. The second-order valence-electron chi connectivity index (χ2n) is 4.24. The van der Waals surface area contributed by atoms with E-state index >= 15 is 0 Å². The van der Waals surface area contributed by atoms with Gasteiger partial charge in [-0.1, -0.05) is 11.6 Å². The van der Waals surface area contributed by atoms with E-state index in [0.717, 1.165) is 5.57 Å². The van der Waals surface area contributed by atoms with Gasteiger partial charge in [0.15, 0.2) is 0 Å². The summed E-state index contributed by atoms with van der Waals surface area (Å²) in [5.74, 6) is 0. The molecular formula is C10H17NO3. The number of allylic oxidation sites excluding steroid dienone is 1. The lowest BCUT2D eigenvalue weighted by Gasteiger charge is -2.26. The fourth-order valence-electron chi connectivity index (χ4n) is 1.64. The molecule has 4 heteroatoms. The molecule has 1 rings (SSSR count). The zero-order valence-electron chi connectivity index (χ0n) is 9.07. The smallest absolute Gasteiger partial charge is 0.409 e. The second-order valence-corrected chi connectivity index (χ2v) is 4.24. The van der Waals surface area contributed by atoms with E-state index in [2.05, 4.69) is 0 Å². The fraction of sp³-hybridized carbons (Fsp3) is 0.700. The highest BCUT2D eigenvalue weighted by atomic mass is 16.5. The fourth-order valence-corrected chi connectivity index (χ4v) is 1.64. The van der Waals surface area contributed by atoms with Crippen molar-refractivity contribution in [3.63, 3.8) is 0 Å². The van der Waals surface area contributed by atoms with Gasteiger partial charge in [0.05, 0.1) is 12.6 Å². The van der Waals surface area contributed by atoms with Crippen molar-refractivity contribution in [2.45, 2.75) is 39.5 Å². The van der Waals surface area contributed by atoms with E-state index in [4.69, 9.17) is 9.84 Å². The third-order valence-corrected chi connectivity index (χ3v) is 2.20. The molecule has 0 aliphatic carbocycles. The van der Waals surface area contributed by atoms with Crippen molar-refractivity contribution in [1.82, 2.24) is 4.90 Å². The number of hydrogen-bond donors (Lipinski definition) is 1. The number of rotatable bonds is 1. The monoisotopic (exact) mass is 199 g/mol. The Kier molecular flexibility index (Phi) is 2.85. The molecule has 0 saturated carbocycles. The quantitative estimate of drug-likeness (QED) is 0.658. The Labute approximate surface area is 84.2 Å². The standard InChI is InChI=1S/C10H17NO3/c1-7(2)5-8-6-11(9(12)13)10(3,4)14-8/h5,8H,6H2,1-4H3,(H,12,13). The van der Waals surface area contributed by atoms with Gasteiger partial charge in [0.1, 0.15) is 5.72 Å². The number of carbonyl (C=O) groups is 1. The van der Waals surface area contributed by atoms with Gasteiger partial charge in [-0.05, 0) is 27.7 Å². The average Bonchev–Trinajstić information content (AvgIpc) is 2.23. The van der Waals surface area contributed by atoms with Crippen molar-refractivity contribution in [1.29, 1.82) is 0 Å². The Morgan fingerprint density at radius 3 is 2.50 bits per heavy atom. The topological polar surface area (TPSA) is 49.8 Å². The minimum Gasteiger partial charge on any atom is -0.465 e. The Morgan fingerprint density at radius 1 is 1.57 bits per heavy atom. The molecule has 1 aliphatic rings. The van der Waals surface area contributed by atoms with Crippen molar-refractivity contribution < 1.29 is 14.6 Å². The molecule has 1 saturated heterocycles. The van der Waals surface area contributed by atoms with Crippen LogP contribution in [0.1, 0.15) is 27.7 Å². The Bertz CT molecular complexity index is 267. The SMILES string of the molecule is CC(C)=CC1CN(C(=O)O)C(C)(C)O1. The molecule has 0 spiro atoms. The van der Waals surface area contributed by atoms with Gasteiger partial charge < -0.3 is 9.84 Å². The molecule has 1 aliphatic heterocycles. The van der Waals surface area contributed by atoms with Gasteiger partial charge in [0.2, 0.25) is 0 Å². The van der Waals surface area contributed by atoms with Gasteiger partial charge in [-0.2, -0.15) is 0 Å². The maximum atomic E-state index is 10.9. The zero-order valence-corrected chi connectivity index (χ0v) is 9.07. The lowest BCUT2D eigenvalue weighted by atomic mass is 10.2. The summed E-state index contributed by atoms with van der Waals surface area (Å²) in [5, 5.41) is 8.93. The van der Waals surface area contributed by atoms with E-state index < -0.39 is 11.8 Å². The van der Waals surface area contributed by atoms with Crippen molar-refractivity contribution in [2.75, 3.05) is 6.54 Å². The number of amides is 1. The van der Waals surface area contributed by atoms with E-state index in [1.54, 1.807) is 13.8 Å². The van der Waals surface area contributed by atoms with Gasteiger partial charge in [0.25, 0.3) is 0 Å². The molecule has 0 aromatic heterocycles. The molecule has 0 aromatic rings. The molecule has 1 unspecified atom stereocenters. The minimum atomic E-state index is -0.931. The first-order chi connectivity index (χ1) is 6.33. The van der Waals surface area contributed by atoms with Gasteiger partial charge in [-0.3, -0.25) is 4.90 Å². The highest BCUT2D eigenvalue weighted by Gasteiger charge is 2.41. The van der Waals surface area contributed by atoms with Crippen molar-refractivity contribution in [3.05, 3.63) is 11.6 Å². The zero-order chi connectivity index (χ0) is 10.9. The van der Waals surface area contributed by atoms with Gasteiger partial charge >= 0.3 is 6.09 Å². The van der Waals surface area contributed by atoms with Gasteiger partial charge in [0, 0.05) is 0 Å². The molecule has 4 nitrogen and oxygen atoms in total. The summed E-state index contributed by atoms with van der Waals surface area (Å²) in [6.07, 6.45) is 0.899. The third kappa shape index (κ3) is 2.26. The van der Waals surface area contributed by atoms with Crippen LogP contribution in [-0.2, 0) is 4.74 Å². The molecule has 1 heterocycles. The van der Waals surface area contributed by atoms with E-state index in [-0.39, 0.29) is 6.10 Å². The Morgan fingerprint density at radius 2 is 2.14 bits per heavy atom. The predicted molar refractivity (Wildman–Crippen MR) is 53.1 cm³/mol. The second kappa shape index (κ2) is 3.61. The first-order valence-corrected chi connectivity index (χ1v) is 4.66. The average molecular weight is 199 g/mol. The molecule has 0 radical (unpaired) electrons. The van der Waals surface area contributed by atoms with Crippen LogP contribution in [0.25, 0.3) is 0 Å². The molecule has 0 aromatic carbocycles. The van der Waals surface area contributed by atoms with Crippen molar-refractivity contribution in [2.24, 2.45) is 0 Å². The first kappa shape index (κ1) is 11.0. The number of ether oxygens (including phenoxy) is 1. The van der Waals surface area contributed by atoms with Crippen LogP contribution in [0.15, 0.2) is 11.6 Å². The van der Waals surface area contributed by atoms with Gasteiger partial charge in [-0.15, -0.1) is 0 Å². The van der Waals surface area contributed by atoms with Crippen molar-refractivity contribution in [3.8, 4) is 0 Å². The van der Waals surface area contributed by atoms with E-state index in [1.807, 2.05) is 19.9 Å². The molecule has 1 fully saturated rings. The largest absolute Gasteiger partial charge is 0.465 e. The maximum Gasteiger partial charge on any atom is 0.409 e. The van der Waals surface area contributed by atoms with Crippen LogP contribution >= 0.6 is 0 Å². The van der Waals surface area contributed by atoms with Crippen LogP contribution < -0.4 is 0 Å². The highest BCUT2D eigenvalue weighted by Crippen LogP contribution is 2.27. The van der Waals surface area contributed by atoms with Gasteiger partial charge in [-0.25, -0.2) is 4.79 Å². The maximum absolute atomic E-state index is 10.9. The summed E-state index contributed by atoms with van der Waals surface area (Å²) in [6, 6.07) is 0. The first-order valence-electron chi connectivity index (χ1n) is 4.66. The number of hydrogen-bond acceptors (Lipinski definition) is 2. The van der Waals surface area contributed by atoms with Crippen LogP contribution in [0.3, 0.4) is 0 Å². The molecular weight excluding hydrogens is 182 g/mol. The molecule has 80 valence electrons. The third-order valence-electron chi connectivity index (χ3n) is 2.20. The van der Waals surface area contributed by atoms with Crippen LogP contribution in [0.2, 0.25) is 0 Å². The molecule has 14 heavy (non-hydrogen) atoms. The molecule has 1 amide bonds. The summed E-state index contributed by atoms with van der Waals surface area (Å²) < 4.78 is 5.60. The van der Waals surface area contributed by atoms with E-state index in [9.17, 15) is 4.79 Å². The lowest BCUT2D eigenvalue weighted by Crippen LogP contribution is -2.42. The highest BCUT2D eigenvalue weighted by molar-refractivity contribution is 5.66. The minimum absolute atomic E-state index is 0.119.